The van der Waals surface area contributed by atoms with Crippen LogP contribution in [-0.4, -0.2) is 11.1 Å². The zero-order valence-corrected chi connectivity index (χ0v) is 12.3. The van der Waals surface area contributed by atoms with Gasteiger partial charge in [0.15, 0.2) is 0 Å². The summed E-state index contributed by atoms with van der Waals surface area (Å²) < 4.78 is 13.7. The maximum Gasteiger partial charge on any atom is 0.307 e. The molecule has 2 aromatic carbocycles. The number of carbonyl (C=O) groups is 1. The van der Waals surface area contributed by atoms with Crippen LogP contribution in [0.2, 0.25) is 0 Å². The van der Waals surface area contributed by atoms with Crippen molar-refractivity contribution in [3.8, 4) is 0 Å². The number of carboxylic acid groups (broad SMARTS) is 1. The highest BCUT2D eigenvalue weighted by Crippen LogP contribution is 2.19. The van der Waals surface area contributed by atoms with Crippen LogP contribution in [0.25, 0.3) is 0 Å². The summed E-state index contributed by atoms with van der Waals surface area (Å²) in [6.07, 6.45) is 0.611. The lowest BCUT2D eigenvalue weighted by molar-refractivity contribution is -0.141. The topological polar surface area (TPSA) is 37.3 Å². The Labute approximate surface area is 124 Å². The molecule has 1 unspecified atom stereocenters. The van der Waals surface area contributed by atoms with Crippen molar-refractivity contribution in [2.45, 2.75) is 26.7 Å². The zero-order chi connectivity index (χ0) is 15.4. The van der Waals surface area contributed by atoms with E-state index in [1.54, 1.807) is 18.2 Å². The second-order valence-electron chi connectivity index (χ2n) is 5.45. The Kier molecular flexibility index (Phi) is 4.73. The molecule has 0 fully saturated rings. The van der Waals surface area contributed by atoms with Gasteiger partial charge in [0.05, 0.1) is 5.92 Å². The van der Waals surface area contributed by atoms with Crippen LogP contribution in [0.5, 0.6) is 0 Å². The number of hydrogen-bond donors (Lipinski definition) is 1. The van der Waals surface area contributed by atoms with Crippen molar-refractivity contribution in [1.29, 1.82) is 0 Å². The molecule has 0 aliphatic rings. The Morgan fingerprint density at radius 1 is 1.10 bits per heavy atom. The van der Waals surface area contributed by atoms with Gasteiger partial charge in [0.1, 0.15) is 5.82 Å². The van der Waals surface area contributed by atoms with Gasteiger partial charge in [-0.2, -0.15) is 0 Å². The van der Waals surface area contributed by atoms with Crippen molar-refractivity contribution in [2.24, 2.45) is 5.92 Å². The maximum absolute atomic E-state index is 13.7. The molecule has 0 radical (unpaired) electrons. The highest BCUT2D eigenvalue weighted by molar-refractivity contribution is 5.71. The molecule has 3 heteroatoms. The molecule has 2 nitrogen and oxygen atoms in total. The summed E-state index contributed by atoms with van der Waals surface area (Å²) >= 11 is 0. The summed E-state index contributed by atoms with van der Waals surface area (Å²) in [5.74, 6) is -1.86. The minimum atomic E-state index is -0.892. The number of aliphatic carboxylic acids is 1. The average molecular weight is 286 g/mol. The zero-order valence-electron chi connectivity index (χ0n) is 12.3. The molecule has 1 N–H and O–H groups in total. The predicted octanol–water partition coefficient (Wildman–Crippen LogP) is 3.93. The molecule has 0 spiro atoms. The smallest absolute Gasteiger partial charge is 0.307 e. The summed E-state index contributed by atoms with van der Waals surface area (Å²) in [6.45, 7) is 4.03. The largest absolute Gasteiger partial charge is 0.481 e. The van der Waals surface area contributed by atoms with Gasteiger partial charge in [-0.05, 0) is 55.0 Å². The minimum Gasteiger partial charge on any atom is -0.481 e. The average Bonchev–Trinajstić information content (AvgIpc) is 2.44. The fourth-order valence-corrected chi connectivity index (χ4v) is 2.39. The van der Waals surface area contributed by atoms with Crippen LogP contribution in [0, 0.1) is 25.6 Å². The van der Waals surface area contributed by atoms with Crippen molar-refractivity contribution >= 4 is 5.97 Å². The van der Waals surface area contributed by atoms with Crippen LogP contribution in [0.4, 0.5) is 4.39 Å². The number of carboxylic acids is 1. The molecule has 21 heavy (non-hydrogen) atoms. The monoisotopic (exact) mass is 286 g/mol. The highest BCUT2D eigenvalue weighted by Gasteiger charge is 2.20. The molecule has 2 rings (SSSR count). The summed E-state index contributed by atoms with van der Waals surface area (Å²) in [4.78, 5) is 11.4. The van der Waals surface area contributed by atoms with E-state index in [9.17, 15) is 14.3 Å². The SMILES string of the molecule is Cc1ccc(CC(Cc2ccccc2F)C(=O)O)cc1C. The van der Waals surface area contributed by atoms with Gasteiger partial charge >= 0.3 is 5.97 Å². The van der Waals surface area contributed by atoms with Crippen LogP contribution in [0.1, 0.15) is 22.3 Å². The highest BCUT2D eigenvalue weighted by atomic mass is 19.1. The molecule has 0 saturated carbocycles. The summed E-state index contributed by atoms with van der Waals surface area (Å²) in [5.41, 5.74) is 3.75. The lowest BCUT2D eigenvalue weighted by Crippen LogP contribution is -2.19. The second-order valence-corrected chi connectivity index (χ2v) is 5.45. The first kappa shape index (κ1) is 15.2. The van der Waals surface area contributed by atoms with Crippen molar-refractivity contribution in [1.82, 2.24) is 0 Å². The summed E-state index contributed by atoms with van der Waals surface area (Å²) in [6, 6.07) is 12.3. The quantitative estimate of drug-likeness (QED) is 0.904. The Bertz CT molecular complexity index is 649. The van der Waals surface area contributed by atoms with Crippen LogP contribution in [0.3, 0.4) is 0 Å². The van der Waals surface area contributed by atoms with Gasteiger partial charge in [0.2, 0.25) is 0 Å². The van der Waals surface area contributed by atoms with Gasteiger partial charge in [-0.1, -0.05) is 36.4 Å². The van der Waals surface area contributed by atoms with Crippen molar-refractivity contribution in [2.75, 3.05) is 0 Å². The summed E-state index contributed by atoms with van der Waals surface area (Å²) in [5, 5.41) is 9.39. The number of benzene rings is 2. The van der Waals surface area contributed by atoms with E-state index in [0.717, 1.165) is 11.1 Å². The molecule has 0 heterocycles. The van der Waals surface area contributed by atoms with E-state index >= 15 is 0 Å². The molecule has 110 valence electrons. The van der Waals surface area contributed by atoms with E-state index < -0.39 is 11.9 Å². The molecular formula is C18H19FO2. The maximum atomic E-state index is 13.7. The standard InChI is InChI=1S/C18H19FO2/c1-12-7-8-14(9-13(12)2)10-16(18(20)21)11-15-5-3-4-6-17(15)19/h3-9,16H,10-11H2,1-2H3,(H,20,21). The Balaban J connectivity index is 2.18. The molecule has 0 saturated heterocycles. The van der Waals surface area contributed by atoms with E-state index in [2.05, 4.69) is 0 Å². The van der Waals surface area contributed by atoms with E-state index in [-0.39, 0.29) is 12.2 Å². The molecule has 0 aromatic heterocycles. The lowest BCUT2D eigenvalue weighted by Gasteiger charge is -2.14. The number of aryl methyl sites for hydroxylation is 2. The van der Waals surface area contributed by atoms with Crippen LogP contribution < -0.4 is 0 Å². The van der Waals surface area contributed by atoms with Gasteiger partial charge in [0.25, 0.3) is 0 Å². The van der Waals surface area contributed by atoms with E-state index in [1.165, 1.54) is 11.6 Å². The number of halogens is 1. The third-order valence-electron chi connectivity index (χ3n) is 3.83. The second kappa shape index (κ2) is 6.53. The van der Waals surface area contributed by atoms with Gasteiger partial charge in [-0.15, -0.1) is 0 Å². The molecule has 0 aliphatic heterocycles. The number of hydrogen-bond acceptors (Lipinski definition) is 1. The van der Waals surface area contributed by atoms with E-state index in [0.29, 0.717) is 12.0 Å². The molecular weight excluding hydrogens is 267 g/mol. The van der Waals surface area contributed by atoms with Crippen molar-refractivity contribution < 1.29 is 14.3 Å². The third-order valence-corrected chi connectivity index (χ3v) is 3.83. The van der Waals surface area contributed by atoms with Gasteiger partial charge in [-0.3, -0.25) is 4.79 Å². The van der Waals surface area contributed by atoms with Crippen LogP contribution >= 0.6 is 0 Å². The fraction of sp³-hybridized carbons (Fsp3) is 0.278. The van der Waals surface area contributed by atoms with Gasteiger partial charge in [0, 0.05) is 0 Å². The van der Waals surface area contributed by atoms with Gasteiger partial charge < -0.3 is 5.11 Å². The first-order valence-electron chi connectivity index (χ1n) is 6.99. The van der Waals surface area contributed by atoms with Gasteiger partial charge in [-0.25, -0.2) is 4.39 Å². The first-order valence-corrected chi connectivity index (χ1v) is 6.99. The molecule has 0 aliphatic carbocycles. The minimum absolute atomic E-state index is 0.203. The van der Waals surface area contributed by atoms with E-state index in [1.807, 2.05) is 32.0 Å². The molecule has 2 aromatic rings. The molecule has 0 bridgehead atoms. The normalized spacial score (nSPS) is 12.1. The van der Waals surface area contributed by atoms with Crippen molar-refractivity contribution in [3.63, 3.8) is 0 Å². The fourth-order valence-electron chi connectivity index (χ4n) is 2.39. The lowest BCUT2D eigenvalue weighted by atomic mass is 9.91. The van der Waals surface area contributed by atoms with Crippen LogP contribution in [-0.2, 0) is 17.6 Å². The summed E-state index contributed by atoms with van der Waals surface area (Å²) in [7, 11) is 0. The Morgan fingerprint density at radius 3 is 2.43 bits per heavy atom. The Morgan fingerprint density at radius 2 is 1.81 bits per heavy atom. The molecule has 0 amide bonds. The van der Waals surface area contributed by atoms with E-state index in [4.69, 9.17) is 0 Å². The van der Waals surface area contributed by atoms with Crippen molar-refractivity contribution in [3.05, 3.63) is 70.5 Å². The Hall–Kier alpha value is -2.16. The molecule has 1 atom stereocenters. The third kappa shape index (κ3) is 3.91. The van der Waals surface area contributed by atoms with Crippen LogP contribution in [0.15, 0.2) is 42.5 Å². The first-order chi connectivity index (χ1) is 9.97. The number of rotatable bonds is 5. The predicted molar refractivity (Wildman–Crippen MR) is 80.8 cm³/mol.